The van der Waals surface area contributed by atoms with E-state index < -0.39 is 5.97 Å². The van der Waals surface area contributed by atoms with Gasteiger partial charge in [-0.2, -0.15) is 0 Å². The molecular weight excluding hydrogens is 358 g/mol. The molecule has 6 heteroatoms. The lowest BCUT2D eigenvalue weighted by Gasteiger charge is -2.22. The van der Waals surface area contributed by atoms with Gasteiger partial charge in [0.05, 0.1) is 14.2 Å². The maximum Gasteiger partial charge on any atom is 0.331 e. The van der Waals surface area contributed by atoms with Crippen LogP contribution < -0.4 is 14.4 Å². The molecule has 0 bridgehead atoms. The maximum atomic E-state index is 12.5. The normalized spacial score (nSPS) is 15.4. The average Bonchev–Trinajstić information content (AvgIpc) is 3.05. The first kappa shape index (κ1) is 19.5. The Morgan fingerprint density at radius 1 is 1.11 bits per heavy atom. The Morgan fingerprint density at radius 2 is 1.86 bits per heavy atom. The number of hydrogen-bond acceptors (Lipinski definition) is 5. The minimum absolute atomic E-state index is 0.0471. The van der Waals surface area contributed by atoms with Crippen molar-refractivity contribution in [2.24, 2.45) is 0 Å². The number of ether oxygens (including phenoxy) is 3. The summed E-state index contributed by atoms with van der Waals surface area (Å²) >= 11 is 0. The van der Waals surface area contributed by atoms with Crippen LogP contribution in [0.25, 0.3) is 6.08 Å². The molecule has 1 aliphatic heterocycles. The lowest BCUT2D eigenvalue weighted by atomic mass is 10.1. The summed E-state index contributed by atoms with van der Waals surface area (Å²) in [5.41, 5.74) is 2.77. The van der Waals surface area contributed by atoms with Gasteiger partial charge in [0.2, 0.25) is 0 Å². The molecule has 3 rings (SSSR count). The lowest BCUT2D eigenvalue weighted by molar-refractivity contribution is -0.143. The molecule has 6 nitrogen and oxygen atoms in total. The van der Waals surface area contributed by atoms with Crippen molar-refractivity contribution in [1.82, 2.24) is 0 Å². The predicted molar refractivity (Wildman–Crippen MR) is 107 cm³/mol. The zero-order valence-corrected chi connectivity index (χ0v) is 16.2. The number of carbonyl (C=O) groups is 2. The molecule has 0 radical (unpaired) electrons. The number of amides is 1. The Kier molecular flexibility index (Phi) is 5.99. The minimum atomic E-state index is -0.580. The van der Waals surface area contributed by atoms with E-state index in [1.54, 1.807) is 43.4 Å². The van der Waals surface area contributed by atoms with Crippen LogP contribution in [-0.4, -0.2) is 38.7 Å². The first-order valence-corrected chi connectivity index (χ1v) is 9.00. The number of fused-ring (bicyclic) bond motifs is 1. The largest absolute Gasteiger partial charge is 0.493 e. The second kappa shape index (κ2) is 8.61. The number of benzene rings is 2. The van der Waals surface area contributed by atoms with Crippen molar-refractivity contribution < 1.29 is 23.8 Å². The molecule has 2 aromatic rings. The van der Waals surface area contributed by atoms with Crippen LogP contribution in [0.1, 0.15) is 18.1 Å². The van der Waals surface area contributed by atoms with Gasteiger partial charge in [-0.15, -0.1) is 0 Å². The molecule has 0 aliphatic carbocycles. The molecule has 0 spiro atoms. The number of hydrogen-bond donors (Lipinski definition) is 0. The SMILES string of the molecule is COc1ccc(C=CC(=O)OCC(=O)N2c3ccccc3CC2C)cc1OC. The van der Waals surface area contributed by atoms with Crippen molar-refractivity contribution in [1.29, 1.82) is 0 Å². The van der Waals surface area contributed by atoms with Crippen molar-refractivity contribution in [3.8, 4) is 11.5 Å². The summed E-state index contributed by atoms with van der Waals surface area (Å²) in [6, 6.07) is 13.1. The van der Waals surface area contributed by atoms with E-state index in [-0.39, 0.29) is 18.6 Å². The third kappa shape index (κ3) is 4.17. The van der Waals surface area contributed by atoms with E-state index in [2.05, 4.69) is 0 Å². The topological polar surface area (TPSA) is 65.1 Å². The van der Waals surface area contributed by atoms with Gasteiger partial charge in [0, 0.05) is 17.8 Å². The van der Waals surface area contributed by atoms with Gasteiger partial charge in [0.25, 0.3) is 5.91 Å². The number of rotatable bonds is 6. The summed E-state index contributed by atoms with van der Waals surface area (Å²) in [7, 11) is 3.10. The van der Waals surface area contributed by atoms with Gasteiger partial charge >= 0.3 is 5.97 Å². The lowest BCUT2D eigenvalue weighted by Crippen LogP contribution is -2.38. The van der Waals surface area contributed by atoms with Gasteiger partial charge in [-0.25, -0.2) is 4.79 Å². The Labute approximate surface area is 164 Å². The van der Waals surface area contributed by atoms with Crippen molar-refractivity contribution in [3.63, 3.8) is 0 Å². The van der Waals surface area contributed by atoms with Crippen LogP contribution in [0, 0.1) is 0 Å². The van der Waals surface area contributed by atoms with E-state index in [1.165, 1.54) is 6.08 Å². The number of nitrogens with zero attached hydrogens (tertiary/aromatic N) is 1. The molecule has 0 N–H and O–H groups in total. The highest BCUT2D eigenvalue weighted by Gasteiger charge is 2.30. The van der Waals surface area contributed by atoms with Gasteiger partial charge in [-0.3, -0.25) is 4.79 Å². The van der Waals surface area contributed by atoms with Crippen LogP contribution in [0.3, 0.4) is 0 Å². The van der Waals surface area contributed by atoms with Gasteiger partial charge in [0.15, 0.2) is 18.1 Å². The second-order valence-electron chi connectivity index (χ2n) is 6.50. The Bertz CT molecular complexity index is 906. The molecule has 1 aliphatic rings. The third-order valence-corrected chi connectivity index (χ3v) is 4.63. The predicted octanol–water partition coefficient (Wildman–Crippen LogP) is 3.24. The number of para-hydroxylation sites is 1. The average molecular weight is 381 g/mol. The van der Waals surface area contributed by atoms with Crippen LogP contribution in [-0.2, 0) is 20.7 Å². The first-order valence-electron chi connectivity index (χ1n) is 9.00. The zero-order chi connectivity index (χ0) is 20.1. The quantitative estimate of drug-likeness (QED) is 0.568. The number of anilines is 1. The van der Waals surface area contributed by atoms with E-state index in [1.807, 2.05) is 31.2 Å². The Balaban J connectivity index is 1.59. The van der Waals surface area contributed by atoms with Gasteiger partial charge in [0.1, 0.15) is 0 Å². The van der Waals surface area contributed by atoms with E-state index in [0.29, 0.717) is 11.5 Å². The van der Waals surface area contributed by atoms with E-state index >= 15 is 0 Å². The van der Waals surface area contributed by atoms with Crippen LogP contribution in [0.5, 0.6) is 11.5 Å². The van der Waals surface area contributed by atoms with E-state index in [0.717, 1.165) is 23.2 Å². The third-order valence-electron chi connectivity index (χ3n) is 4.63. The first-order chi connectivity index (χ1) is 13.5. The maximum absolute atomic E-state index is 12.5. The van der Waals surface area contributed by atoms with Crippen molar-refractivity contribution in [3.05, 3.63) is 59.7 Å². The highest BCUT2D eigenvalue weighted by molar-refractivity contribution is 5.98. The molecule has 0 saturated carbocycles. The van der Waals surface area contributed by atoms with Gasteiger partial charge in [-0.1, -0.05) is 24.3 Å². The minimum Gasteiger partial charge on any atom is -0.493 e. The van der Waals surface area contributed by atoms with Gasteiger partial charge in [-0.05, 0) is 48.7 Å². The van der Waals surface area contributed by atoms with Crippen LogP contribution in [0.2, 0.25) is 0 Å². The number of carbonyl (C=O) groups excluding carboxylic acids is 2. The fourth-order valence-electron chi connectivity index (χ4n) is 3.32. The molecule has 0 aromatic heterocycles. The van der Waals surface area contributed by atoms with E-state index in [4.69, 9.17) is 14.2 Å². The molecule has 1 atom stereocenters. The van der Waals surface area contributed by atoms with Crippen molar-refractivity contribution in [2.75, 3.05) is 25.7 Å². The van der Waals surface area contributed by atoms with Crippen LogP contribution in [0.4, 0.5) is 5.69 Å². The fraction of sp³-hybridized carbons (Fsp3) is 0.273. The summed E-state index contributed by atoms with van der Waals surface area (Å²) < 4.78 is 15.5. The second-order valence-corrected chi connectivity index (χ2v) is 6.50. The molecular formula is C22H23NO5. The smallest absolute Gasteiger partial charge is 0.331 e. The summed E-state index contributed by atoms with van der Waals surface area (Å²) in [4.78, 5) is 26.2. The fourth-order valence-corrected chi connectivity index (χ4v) is 3.32. The molecule has 0 fully saturated rings. The van der Waals surface area contributed by atoms with E-state index in [9.17, 15) is 9.59 Å². The Morgan fingerprint density at radius 3 is 2.61 bits per heavy atom. The van der Waals surface area contributed by atoms with Crippen LogP contribution in [0.15, 0.2) is 48.5 Å². The van der Waals surface area contributed by atoms with Gasteiger partial charge < -0.3 is 19.1 Å². The highest BCUT2D eigenvalue weighted by atomic mass is 16.5. The summed E-state index contributed by atoms with van der Waals surface area (Å²) in [6.07, 6.45) is 3.69. The summed E-state index contributed by atoms with van der Waals surface area (Å²) in [6.45, 7) is 1.68. The zero-order valence-electron chi connectivity index (χ0n) is 16.2. The number of esters is 1. The molecule has 28 heavy (non-hydrogen) atoms. The number of methoxy groups -OCH3 is 2. The molecule has 0 saturated heterocycles. The monoisotopic (exact) mass is 381 g/mol. The van der Waals surface area contributed by atoms with Crippen molar-refractivity contribution in [2.45, 2.75) is 19.4 Å². The van der Waals surface area contributed by atoms with Crippen LogP contribution >= 0.6 is 0 Å². The molecule has 146 valence electrons. The molecule has 1 amide bonds. The highest BCUT2D eigenvalue weighted by Crippen LogP contribution is 2.32. The summed E-state index contributed by atoms with van der Waals surface area (Å²) in [5, 5.41) is 0. The standard InChI is InChI=1S/C22H23NO5/c1-15-12-17-6-4-5-7-18(17)23(15)21(24)14-28-22(25)11-9-16-8-10-19(26-2)20(13-16)27-3/h4-11,13,15H,12,14H2,1-3H3. The molecule has 1 unspecified atom stereocenters. The molecule has 1 heterocycles. The Hall–Kier alpha value is -3.28. The molecule has 2 aromatic carbocycles. The summed E-state index contributed by atoms with van der Waals surface area (Å²) in [5.74, 6) is 0.358. The van der Waals surface area contributed by atoms with Crippen molar-refractivity contribution >= 4 is 23.6 Å².